The van der Waals surface area contributed by atoms with E-state index in [-0.39, 0.29) is 0 Å². The average Bonchev–Trinajstić information content (AvgIpc) is 2.81. The van der Waals surface area contributed by atoms with Crippen molar-refractivity contribution in [2.45, 2.75) is 38.6 Å². The molecule has 88 valence electrons. The fourth-order valence-electron chi connectivity index (χ4n) is 2.61. The topological polar surface area (TPSA) is 30.7 Å². The van der Waals surface area contributed by atoms with Crippen molar-refractivity contribution in [3.63, 3.8) is 0 Å². The molecule has 1 aromatic carbocycles. The third-order valence-electron chi connectivity index (χ3n) is 3.65. The molecule has 2 unspecified atom stereocenters. The normalized spacial score (nSPS) is 23.4. The molecule has 0 amide bonds. The Bertz CT molecular complexity index is 516. The molecule has 0 radical (unpaired) electrons. The van der Waals surface area contributed by atoms with Crippen molar-refractivity contribution in [2.75, 3.05) is 0 Å². The van der Waals surface area contributed by atoms with Crippen LogP contribution in [-0.4, -0.2) is 14.8 Å². The Morgan fingerprint density at radius 2 is 1.82 bits per heavy atom. The summed E-state index contributed by atoms with van der Waals surface area (Å²) in [5, 5.41) is 8.76. The number of fused-ring (bicyclic) bond motifs is 1. The van der Waals surface area contributed by atoms with Crippen LogP contribution in [0.1, 0.15) is 44.5 Å². The molecule has 1 aliphatic heterocycles. The number of aromatic nitrogens is 3. The summed E-state index contributed by atoms with van der Waals surface area (Å²) in [5.74, 6) is 2.68. The molecule has 0 fully saturated rings. The fourth-order valence-corrected chi connectivity index (χ4v) is 2.61. The predicted octanol–water partition coefficient (Wildman–Crippen LogP) is 3.40. The Morgan fingerprint density at radius 1 is 1.06 bits per heavy atom. The lowest BCUT2D eigenvalue weighted by Gasteiger charge is -2.26. The molecule has 3 heteroatoms. The molecule has 0 saturated heterocycles. The predicted molar refractivity (Wildman–Crippen MR) is 67.8 cm³/mol. The zero-order valence-corrected chi connectivity index (χ0v) is 10.3. The molecule has 3 rings (SSSR count). The Balaban J connectivity index is 2.14. The van der Waals surface area contributed by atoms with Crippen molar-refractivity contribution in [3.05, 3.63) is 36.2 Å². The van der Waals surface area contributed by atoms with Gasteiger partial charge in [0.1, 0.15) is 5.82 Å². The Hall–Kier alpha value is -1.64. The first kappa shape index (κ1) is 10.5. The highest BCUT2D eigenvalue weighted by molar-refractivity contribution is 5.55. The fraction of sp³-hybridized carbons (Fsp3) is 0.429. The van der Waals surface area contributed by atoms with Crippen LogP contribution in [0.25, 0.3) is 11.4 Å². The average molecular weight is 227 g/mol. The van der Waals surface area contributed by atoms with Gasteiger partial charge in [0.15, 0.2) is 5.82 Å². The summed E-state index contributed by atoms with van der Waals surface area (Å²) in [6, 6.07) is 10.8. The molecule has 1 aliphatic rings. The summed E-state index contributed by atoms with van der Waals surface area (Å²) < 4.78 is 2.31. The van der Waals surface area contributed by atoms with Gasteiger partial charge >= 0.3 is 0 Å². The van der Waals surface area contributed by atoms with Crippen molar-refractivity contribution >= 4 is 0 Å². The lowest BCUT2D eigenvalue weighted by atomic mass is 9.96. The number of nitrogens with zero attached hydrogens (tertiary/aromatic N) is 3. The Morgan fingerprint density at radius 3 is 2.59 bits per heavy atom. The highest BCUT2D eigenvalue weighted by Gasteiger charge is 2.26. The zero-order chi connectivity index (χ0) is 11.8. The standard InChI is InChI=1S/C14H17N3/c1-10-8-9-11(2)17-13(10)15-16-14(17)12-6-4-3-5-7-12/h3-7,10-11H,8-9H2,1-2H3. The minimum Gasteiger partial charge on any atom is -0.308 e. The smallest absolute Gasteiger partial charge is 0.164 e. The minimum absolute atomic E-state index is 0.506. The van der Waals surface area contributed by atoms with Crippen LogP contribution < -0.4 is 0 Å². The van der Waals surface area contributed by atoms with Gasteiger partial charge < -0.3 is 4.57 Å². The second-order valence-corrected chi connectivity index (χ2v) is 4.95. The molecule has 2 heterocycles. The monoisotopic (exact) mass is 227 g/mol. The van der Waals surface area contributed by atoms with E-state index in [1.165, 1.54) is 12.8 Å². The summed E-state index contributed by atoms with van der Waals surface area (Å²) in [6.07, 6.45) is 2.43. The molecule has 0 aliphatic carbocycles. The van der Waals surface area contributed by atoms with Crippen molar-refractivity contribution in [1.29, 1.82) is 0 Å². The zero-order valence-electron chi connectivity index (χ0n) is 10.3. The molecular weight excluding hydrogens is 210 g/mol. The molecule has 0 spiro atoms. The van der Waals surface area contributed by atoms with Crippen LogP contribution in [0, 0.1) is 0 Å². The van der Waals surface area contributed by atoms with E-state index in [1.807, 2.05) is 18.2 Å². The van der Waals surface area contributed by atoms with Gasteiger partial charge in [-0.3, -0.25) is 0 Å². The van der Waals surface area contributed by atoms with Gasteiger partial charge in [-0.15, -0.1) is 10.2 Å². The van der Waals surface area contributed by atoms with Crippen molar-refractivity contribution in [3.8, 4) is 11.4 Å². The van der Waals surface area contributed by atoms with E-state index in [1.54, 1.807) is 0 Å². The number of rotatable bonds is 1. The Kier molecular flexibility index (Phi) is 2.46. The van der Waals surface area contributed by atoms with Crippen molar-refractivity contribution in [2.24, 2.45) is 0 Å². The third-order valence-corrected chi connectivity index (χ3v) is 3.65. The molecular formula is C14H17N3. The van der Waals surface area contributed by atoms with Gasteiger partial charge in [-0.2, -0.15) is 0 Å². The van der Waals surface area contributed by atoms with Crippen LogP contribution in [0.15, 0.2) is 30.3 Å². The van der Waals surface area contributed by atoms with Crippen LogP contribution in [-0.2, 0) is 0 Å². The van der Waals surface area contributed by atoms with Gasteiger partial charge in [-0.1, -0.05) is 37.3 Å². The molecule has 1 aromatic heterocycles. The van der Waals surface area contributed by atoms with E-state index in [0.29, 0.717) is 12.0 Å². The van der Waals surface area contributed by atoms with Gasteiger partial charge in [-0.25, -0.2) is 0 Å². The first-order valence-electron chi connectivity index (χ1n) is 6.27. The van der Waals surface area contributed by atoms with Crippen molar-refractivity contribution < 1.29 is 0 Å². The lowest BCUT2D eigenvalue weighted by molar-refractivity contribution is 0.390. The van der Waals surface area contributed by atoms with Crippen LogP contribution in [0.3, 0.4) is 0 Å². The molecule has 2 atom stereocenters. The Labute approximate surface area is 101 Å². The molecule has 3 nitrogen and oxygen atoms in total. The van der Waals surface area contributed by atoms with Gasteiger partial charge in [0, 0.05) is 17.5 Å². The molecule has 17 heavy (non-hydrogen) atoms. The summed E-state index contributed by atoms with van der Waals surface area (Å²) in [7, 11) is 0. The highest BCUT2D eigenvalue weighted by atomic mass is 15.3. The van der Waals surface area contributed by atoms with E-state index in [9.17, 15) is 0 Å². The molecule has 0 saturated carbocycles. The number of benzene rings is 1. The molecule has 2 aromatic rings. The quantitative estimate of drug-likeness (QED) is 0.747. The third kappa shape index (κ3) is 1.66. The van der Waals surface area contributed by atoms with E-state index >= 15 is 0 Å². The largest absolute Gasteiger partial charge is 0.308 e. The molecule has 0 bridgehead atoms. The highest BCUT2D eigenvalue weighted by Crippen LogP contribution is 2.35. The van der Waals surface area contributed by atoms with E-state index in [4.69, 9.17) is 0 Å². The summed E-state index contributed by atoms with van der Waals surface area (Å²) in [5.41, 5.74) is 1.16. The van der Waals surface area contributed by atoms with E-state index in [2.05, 4.69) is 40.7 Å². The summed E-state index contributed by atoms with van der Waals surface area (Å²) in [6.45, 7) is 4.49. The summed E-state index contributed by atoms with van der Waals surface area (Å²) in [4.78, 5) is 0. The van der Waals surface area contributed by atoms with Crippen molar-refractivity contribution in [1.82, 2.24) is 14.8 Å². The second-order valence-electron chi connectivity index (χ2n) is 4.95. The van der Waals surface area contributed by atoms with Crippen LogP contribution in [0.5, 0.6) is 0 Å². The second kappa shape index (κ2) is 3.99. The lowest BCUT2D eigenvalue weighted by Crippen LogP contribution is -2.18. The SMILES string of the molecule is CC1CCC(C)n2c(-c3ccccc3)nnc21. The van der Waals surface area contributed by atoms with Gasteiger partial charge in [-0.05, 0) is 19.8 Å². The van der Waals surface area contributed by atoms with Crippen LogP contribution in [0.2, 0.25) is 0 Å². The maximum Gasteiger partial charge on any atom is 0.164 e. The molecule has 0 N–H and O–H groups in total. The number of hydrogen-bond donors (Lipinski definition) is 0. The maximum atomic E-state index is 4.38. The van der Waals surface area contributed by atoms with Crippen LogP contribution in [0.4, 0.5) is 0 Å². The van der Waals surface area contributed by atoms with Crippen LogP contribution >= 0.6 is 0 Å². The van der Waals surface area contributed by atoms with Gasteiger partial charge in [0.2, 0.25) is 0 Å². The van der Waals surface area contributed by atoms with Gasteiger partial charge in [0.25, 0.3) is 0 Å². The first-order chi connectivity index (χ1) is 8.27. The van der Waals surface area contributed by atoms with E-state index < -0.39 is 0 Å². The minimum atomic E-state index is 0.506. The van der Waals surface area contributed by atoms with Gasteiger partial charge in [0.05, 0.1) is 0 Å². The van der Waals surface area contributed by atoms with E-state index in [0.717, 1.165) is 17.2 Å². The first-order valence-corrected chi connectivity index (χ1v) is 6.27. The number of hydrogen-bond acceptors (Lipinski definition) is 2. The maximum absolute atomic E-state index is 4.38. The summed E-state index contributed by atoms with van der Waals surface area (Å²) >= 11 is 0.